The Morgan fingerprint density at radius 3 is 1.43 bits per heavy atom. The summed E-state index contributed by atoms with van der Waals surface area (Å²) >= 11 is 3.65. The van der Waals surface area contributed by atoms with Crippen molar-refractivity contribution in [1.82, 2.24) is 8.75 Å². The van der Waals surface area contributed by atoms with Crippen molar-refractivity contribution in [3.8, 4) is 53.9 Å². The second kappa shape index (κ2) is 13.6. The molecule has 47 heavy (non-hydrogen) atoms. The number of nitriles is 2. The molecule has 3 heterocycles. The Morgan fingerprint density at radius 2 is 1.06 bits per heavy atom. The number of nitrogens with one attached hydrogen (secondary N) is 2. The summed E-state index contributed by atoms with van der Waals surface area (Å²) in [5, 5.41) is 27.4. The van der Waals surface area contributed by atoms with Crippen molar-refractivity contribution in [2.45, 2.75) is 52.6 Å². The van der Waals surface area contributed by atoms with Crippen LogP contribution in [0.2, 0.25) is 0 Å². The van der Waals surface area contributed by atoms with E-state index in [2.05, 4.69) is 45.4 Å². The van der Waals surface area contributed by atoms with Gasteiger partial charge in [0.25, 0.3) is 0 Å². The number of hydrogen-bond donors (Lipinski definition) is 2. The first-order valence-corrected chi connectivity index (χ1v) is 17.6. The molecular weight excluding hydrogens is 651 g/mol. The summed E-state index contributed by atoms with van der Waals surface area (Å²) in [5.41, 5.74) is 4.63. The van der Waals surface area contributed by atoms with E-state index in [4.69, 9.17) is 0 Å². The minimum absolute atomic E-state index is 0.172. The zero-order valence-corrected chi connectivity index (χ0v) is 28.6. The van der Waals surface area contributed by atoms with Gasteiger partial charge in [-0.2, -0.15) is 19.3 Å². The fourth-order valence-electron chi connectivity index (χ4n) is 5.32. The molecule has 0 saturated heterocycles. The van der Waals surface area contributed by atoms with Crippen molar-refractivity contribution >= 4 is 56.8 Å². The van der Waals surface area contributed by atoms with Gasteiger partial charge in [-0.15, -0.1) is 22.7 Å². The smallest absolute Gasteiger partial charge is 0.133 e. The number of aromatic nitrogens is 2. The van der Waals surface area contributed by atoms with Gasteiger partial charge in [0.1, 0.15) is 34.8 Å². The van der Waals surface area contributed by atoms with Gasteiger partial charge in [0.2, 0.25) is 0 Å². The molecule has 2 unspecified atom stereocenters. The third-order valence-electron chi connectivity index (χ3n) is 8.16. The molecule has 0 aliphatic rings. The Hall–Kier alpha value is -4.68. The Balaban J connectivity index is 1.41. The molecule has 0 saturated carbocycles. The average molecular weight is 681 g/mol. The number of halogens is 2. The molecule has 0 spiro atoms. The van der Waals surface area contributed by atoms with Crippen LogP contribution in [0.1, 0.15) is 51.7 Å². The molecule has 3 aromatic heterocycles. The molecule has 0 fully saturated rings. The summed E-state index contributed by atoms with van der Waals surface area (Å²) in [5.74, 6) is -0.709. The van der Waals surface area contributed by atoms with Gasteiger partial charge in [0.15, 0.2) is 0 Å². The van der Waals surface area contributed by atoms with Crippen molar-refractivity contribution in [2.24, 2.45) is 0 Å². The summed E-state index contributed by atoms with van der Waals surface area (Å²) in [6, 6.07) is 22.4. The van der Waals surface area contributed by atoms with Crippen LogP contribution in [-0.4, -0.2) is 20.8 Å². The maximum absolute atomic E-state index is 15.3. The van der Waals surface area contributed by atoms with Crippen LogP contribution in [0.25, 0.3) is 52.8 Å². The van der Waals surface area contributed by atoms with Crippen molar-refractivity contribution in [2.75, 3.05) is 10.6 Å². The first-order chi connectivity index (χ1) is 22.8. The van der Waals surface area contributed by atoms with Gasteiger partial charge in [0.05, 0.1) is 22.9 Å². The van der Waals surface area contributed by atoms with Crippen LogP contribution in [0, 0.1) is 34.3 Å². The predicted molar refractivity (Wildman–Crippen MR) is 191 cm³/mol. The van der Waals surface area contributed by atoms with Gasteiger partial charge in [-0.25, -0.2) is 8.78 Å². The number of anilines is 2. The van der Waals surface area contributed by atoms with E-state index in [0.29, 0.717) is 64.2 Å². The lowest BCUT2D eigenvalue weighted by Crippen LogP contribution is -2.13. The first kappa shape index (κ1) is 32.3. The lowest BCUT2D eigenvalue weighted by atomic mass is 9.93. The zero-order valence-electron chi connectivity index (χ0n) is 26.1. The fourth-order valence-corrected chi connectivity index (χ4v) is 8.05. The second-order valence-electron chi connectivity index (χ2n) is 11.3. The largest absolute Gasteiger partial charge is 0.383 e. The average Bonchev–Trinajstić information content (AvgIpc) is 3.85. The maximum atomic E-state index is 15.3. The molecule has 6 rings (SSSR count). The highest BCUT2D eigenvalue weighted by molar-refractivity contribution is 7.19. The summed E-state index contributed by atoms with van der Waals surface area (Å²) in [6.07, 6.45) is 1.83. The molecule has 0 bridgehead atoms. The summed E-state index contributed by atoms with van der Waals surface area (Å²) in [4.78, 5) is 2.73. The molecule has 0 aliphatic heterocycles. The number of nitrogens with zero attached hydrogens (tertiary/aromatic N) is 4. The highest BCUT2D eigenvalue weighted by Crippen LogP contribution is 2.47. The van der Waals surface area contributed by atoms with E-state index < -0.39 is 0 Å². The summed E-state index contributed by atoms with van der Waals surface area (Å²) in [6.45, 7) is 8.22. The molecule has 0 radical (unpaired) electrons. The van der Waals surface area contributed by atoms with E-state index in [1.807, 2.05) is 50.2 Å². The molecule has 2 N–H and O–H groups in total. The lowest BCUT2D eigenvalue weighted by Gasteiger charge is -2.13. The molecule has 6 nitrogen and oxygen atoms in total. The van der Waals surface area contributed by atoms with E-state index >= 15 is 8.78 Å². The van der Waals surface area contributed by atoms with Crippen LogP contribution in [0.5, 0.6) is 0 Å². The molecule has 0 amide bonds. The standard InChI is InChI=1S/C36H30F2N6S3/c1-5-19(3)41-21-7-9-23(27(37)15-21)29-11-13-31(45-29)33-25(17-39)26(18-40)34(36-35(33)43-47-44-36)32-14-12-30(46-32)24-10-8-22(16-28(24)38)42-20(4)6-2/h7-16,19-20,41-42H,5-6H2,1-4H3. The SMILES string of the molecule is CCC(C)Nc1ccc(-c2ccc(-c3c(C#N)c(C#N)c(-c4ccc(-c5ccc(NC(C)CC)cc5F)s4)c4nsnc34)s2)c(F)c1. The lowest BCUT2D eigenvalue weighted by molar-refractivity contribution is 0.631. The third-order valence-corrected chi connectivity index (χ3v) is 11.0. The molecule has 6 aromatic rings. The van der Waals surface area contributed by atoms with Gasteiger partial charge < -0.3 is 10.6 Å². The van der Waals surface area contributed by atoms with Crippen LogP contribution in [0.3, 0.4) is 0 Å². The number of fused-ring (bicyclic) bond motifs is 1. The number of benzene rings is 3. The minimum Gasteiger partial charge on any atom is -0.383 e. The van der Waals surface area contributed by atoms with E-state index in [0.717, 1.165) is 24.6 Å². The van der Waals surface area contributed by atoms with E-state index in [1.165, 1.54) is 34.8 Å². The van der Waals surface area contributed by atoms with Crippen LogP contribution in [0.4, 0.5) is 20.2 Å². The van der Waals surface area contributed by atoms with Gasteiger partial charge in [0, 0.05) is 65.2 Å². The van der Waals surface area contributed by atoms with Crippen LogP contribution in [0.15, 0.2) is 60.7 Å². The number of thiophene rings is 2. The van der Waals surface area contributed by atoms with Crippen molar-refractivity contribution < 1.29 is 8.78 Å². The van der Waals surface area contributed by atoms with E-state index in [9.17, 15) is 10.5 Å². The van der Waals surface area contributed by atoms with Crippen molar-refractivity contribution in [3.05, 3.63) is 83.4 Å². The number of rotatable bonds is 10. The Morgan fingerprint density at radius 1 is 0.660 bits per heavy atom. The maximum Gasteiger partial charge on any atom is 0.133 e. The summed E-state index contributed by atoms with van der Waals surface area (Å²) in [7, 11) is 0. The van der Waals surface area contributed by atoms with Crippen LogP contribution < -0.4 is 10.6 Å². The molecule has 0 aliphatic carbocycles. The summed E-state index contributed by atoms with van der Waals surface area (Å²) < 4.78 is 39.7. The van der Waals surface area contributed by atoms with Gasteiger partial charge in [-0.3, -0.25) is 0 Å². The minimum atomic E-state index is -0.355. The molecule has 236 valence electrons. The first-order valence-electron chi connectivity index (χ1n) is 15.2. The quantitative estimate of drug-likeness (QED) is 0.149. The predicted octanol–water partition coefficient (Wildman–Crippen LogP) is 10.9. The Kier molecular flexibility index (Phi) is 9.33. The highest BCUT2D eigenvalue weighted by Gasteiger charge is 2.27. The topological polar surface area (TPSA) is 97.4 Å². The molecule has 11 heteroatoms. The number of hydrogen-bond acceptors (Lipinski definition) is 9. The van der Waals surface area contributed by atoms with E-state index in [1.54, 1.807) is 12.1 Å². The van der Waals surface area contributed by atoms with Gasteiger partial charge >= 0.3 is 0 Å². The normalized spacial score (nSPS) is 12.4. The highest BCUT2D eigenvalue weighted by atomic mass is 32.1. The van der Waals surface area contributed by atoms with Crippen molar-refractivity contribution in [3.63, 3.8) is 0 Å². The van der Waals surface area contributed by atoms with E-state index in [-0.39, 0.29) is 34.8 Å². The molecule has 2 atom stereocenters. The monoisotopic (exact) mass is 680 g/mol. The fraction of sp³-hybridized carbons (Fsp3) is 0.222. The Labute approximate surface area is 284 Å². The zero-order chi connectivity index (χ0) is 33.2. The van der Waals surface area contributed by atoms with Crippen LogP contribution in [-0.2, 0) is 0 Å². The molecular formula is C36H30F2N6S3. The third kappa shape index (κ3) is 6.22. The van der Waals surface area contributed by atoms with Gasteiger partial charge in [-0.1, -0.05) is 13.8 Å². The van der Waals surface area contributed by atoms with Gasteiger partial charge in [-0.05, 0) is 87.4 Å². The van der Waals surface area contributed by atoms with Crippen molar-refractivity contribution in [1.29, 1.82) is 10.5 Å². The second-order valence-corrected chi connectivity index (χ2v) is 14.0. The van der Waals surface area contributed by atoms with Crippen LogP contribution >= 0.6 is 34.4 Å². The Bertz CT molecular complexity index is 2030. The molecule has 3 aromatic carbocycles.